The maximum atomic E-state index is 9.17. The minimum Gasteiger partial charge on any atom is -0.392 e. The Morgan fingerprint density at radius 3 is 2.93 bits per heavy atom. The molecule has 0 amide bonds. The molecule has 0 spiro atoms. The lowest BCUT2D eigenvalue weighted by atomic mass is 10.2. The highest BCUT2D eigenvalue weighted by Gasteiger charge is 2.11. The molecule has 1 aromatic carbocycles. The number of benzene rings is 1. The fourth-order valence-electron chi connectivity index (χ4n) is 1.38. The average Bonchev–Trinajstić information content (AvgIpc) is 2.55. The number of aliphatic hydroxyl groups excluding tert-OH is 1. The fourth-order valence-corrected chi connectivity index (χ4v) is 3.74. The molecule has 0 aliphatic carbocycles. The van der Waals surface area contributed by atoms with Crippen molar-refractivity contribution in [1.29, 1.82) is 0 Å². The number of thiophene rings is 1. The van der Waals surface area contributed by atoms with Crippen molar-refractivity contribution in [2.45, 2.75) is 10.8 Å². The predicted molar refractivity (Wildman–Crippen MR) is 64.5 cm³/mol. The first-order valence-corrected chi connectivity index (χ1v) is 6.54. The zero-order valence-corrected chi connectivity index (χ0v) is 9.97. The largest absolute Gasteiger partial charge is 0.392 e. The Hall–Kier alpha value is -0.220. The molecular formula is C10H9ClOS2. The third kappa shape index (κ3) is 1.54. The number of hydrogen-bond donors (Lipinski definition) is 1. The molecule has 0 unspecified atom stereocenters. The molecule has 1 heterocycles. The molecule has 2 rings (SSSR count). The van der Waals surface area contributed by atoms with Crippen LogP contribution in [0.15, 0.2) is 22.4 Å². The lowest BCUT2D eigenvalue weighted by molar-refractivity contribution is 0.283. The van der Waals surface area contributed by atoms with Gasteiger partial charge in [0, 0.05) is 10.1 Å². The summed E-state index contributed by atoms with van der Waals surface area (Å²) >= 11 is 9.49. The van der Waals surface area contributed by atoms with Gasteiger partial charge in [-0.05, 0) is 11.8 Å². The molecular weight excluding hydrogens is 236 g/mol. The van der Waals surface area contributed by atoms with Crippen LogP contribution in [0.25, 0.3) is 10.1 Å². The molecule has 1 aromatic heterocycles. The second-order valence-corrected chi connectivity index (χ2v) is 5.33. The average molecular weight is 245 g/mol. The second-order valence-electron chi connectivity index (χ2n) is 2.86. The fraction of sp³-hybridized carbons (Fsp3) is 0.200. The van der Waals surface area contributed by atoms with Crippen molar-refractivity contribution >= 4 is 44.8 Å². The van der Waals surface area contributed by atoms with E-state index in [9.17, 15) is 0 Å². The zero-order chi connectivity index (χ0) is 10.1. The first kappa shape index (κ1) is 10.3. The third-order valence-corrected chi connectivity index (χ3v) is 5.08. The van der Waals surface area contributed by atoms with Crippen LogP contribution < -0.4 is 0 Å². The van der Waals surface area contributed by atoms with Crippen molar-refractivity contribution in [1.82, 2.24) is 0 Å². The molecule has 0 bridgehead atoms. The van der Waals surface area contributed by atoms with E-state index in [-0.39, 0.29) is 6.61 Å². The van der Waals surface area contributed by atoms with Gasteiger partial charge in [-0.15, -0.1) is 23.1 Å². The van der Waals surface area contributed by atoms with Gasteiger partial charge in [0.05, 0.1) is 15.8 Å². The van der Waals surface area contributed by atoms with E-state index in [1.165, 1.54) is 0 Å². The Bertz CT molecular complexity index is 464. The van der Waals surface area contributed by atoms with E-state index in [0.29, 0.717) is 0 Å². The SMILES string of the molecule is CSc1sc2c(CO)cccc2c1Cl. The molecule has 4 heteroatoms. The van der Waals surface area contributed by atoms with Crippen LogP contribution in [0.3, 0.4) is 0 Å². The van der Waals surface area contributed by atoms with E-state index in [1.54, 1.807) is 23.1 Å². The van der Waals surface area contributed by atoms with E-state index in [1.807, 2.05) is 24.5 Å². The van der Waals surface area contributed by atoms with E-state index < -0.39 is 0 Å². The molecule has 1 nitrogen and oxygen atoms in total. The van der Waals surface area contributed by atoms with E-state index >= 15 is 0 Å². The molecule has 2 aromatic rings. The molecule has 1 N–H and O–H groups in total. The maximum Gasteiger partial charge on any atom is 0.0795 e. The van der Waals surface area contributed by atoms with Crippen molar-refractivity contribution < 1.29 is 5.11 Å². The summed E-state index contributed by atoms with van der Waals surface area (Å²) in [6.45, 7) is 0.0714. The molecule has 0 saturated carbocycles. The molecule has 0 atom stereocenters. The molecule has 14 heavy (non-hydrogen) atoms. The van der Waals surface area contributed by atoms with Crippen LogP contribution in [-0.4, -0.2) is 11.4 Å². The quantitative estimate of drug-likeness (QED) is 0.812. The van der Waals surface area contributed by atoms with Crippen LogP contribution in [0.2, 0.25) is 5.02 Å². The minimum atomic E-state index is 0.0714. The molecule has 0 fully saturated rings. The van der Waals surface area contributed by atoms with Crippen LogP contribution >= 0.6 is 34.7 Å². The summed E-state index contributed by atoms with van der Waals surface area (Å²) in [5, 5.41) is 11.0. The van der Waals surface area contributed by atoms with Crippen LogP contribution in [0.5, 0.6) is 0 Å². The Labute approximate surface area is 95.7 Å². The Morgan fingerprint density at radius 2 is 2.29 bits per heavy atom. The Morgan fingerprint density at radius 1 is 1.50 bits per heavy atom. The van der Waals surface area contributed by atoms with Gasteiger partial charge in [0.2, 0.25) is 0 Å². The number of rotatable bonds is 2. The summed E-state index contributed by atoms with van der Waals surface area (Å²) in [7, 11) is 0. The van der Waals surface area contributed by atoms with Crippen molar-refractivity contribution in [3.63, 3.8) is 0 Å². The summed E-state index contributed by atoms with van der Waals surface area (Å²) in [4.78, 5) is 0. The van der Waals surface area contributed by atoms with E-state index in [4.69, 9.17) is 16.7 Å². The zero-order valence-electron chi connectivity index (χ0n) is 7.58. The molecule has 0 radical (unpaired) electrons. The molecule has 0 saturated heterocycles. The summed E-state index contributed by atoms with van der Waals surface area (Å²) < 4.78 is 2.21. The van der Waals surface area contributed by atoms with E-state index in [2.05, 4.69) is 0 Å². The first-order chi connectivity index (χ1) is 6.77. The van der Waals surface area contributed by atoms with Gasteiger partial charge in [0.1, 0.15) is 0 Å². The lowest BCUT2D eigenvalue weighted by Crippen LogP contribution is -1.80. The number of fused-ring (bicyclic) bond motifs is 1. The van der Waals surface area contributed by atoms with Crippen LogP contribution in [0, 0.1) is 0 Å². The van der Waals surface area contributed by atoms with Gasteiger partial charge >= 0.3 is 0 Å². The highest BCUT2D eigenvalue weighted by Crippen LogP contribution is 2.41. The third-order valence-electron chi connectivity index (χ3n) is 2.06. The van der Waals surface area contributed by atoms with Crippen LogP contribution in [0.1, 0.15) is 5.56 Å². The maximum absolute atomic E-state index is 9.17. The Balaban J connectivity index is 2.77. The molecule has 0 aliphatic rings. The van der Waals surface area contributed by atoms with Crippen LogP contribution in [0.4, 0.5) is 0 Å². The van der Waals surface area contributed by atoms with Gasteiger partial charge in [0.25, 0.3) is 0 Å². The number of thioether (sulfide) groups is 1. The van der Waals surface area contributed by atoms with Gasteiger partial charge < -0.3 is 5.11 Å². The van der Waals surface area contributed by atoms with E-state index in [0.717, 1.165) is 24.9 Å². The predicted octanol–water partition coefficient (Wildman–Crippen LogP) is 3.77. The normalized spacial score (nSPS) is 11.1. The smallest absolute Gasteiger partial charge is 0.0795 e. The second kappa shape index (κ2) is 4.11. The van der Waals surface area contributed by atoms with Crippen molar-refractivity contribution in [3.05, 3.63) is 28.8 Å². The summed E-state index contributed by atoms with van der Waals surface area (Å²) in [5.41, 5.74) is 0.953. The van der Waals surface area contributed by atoms with Gasteiger partial charge in [-0.1, -0.05) is 29.8 Å². The van der Waals surface area contributed by atoms with Gasteiger partial charge in [0.15, 0.2) is 0 Å². The van der Waals surface area contributed by atoms with Crippen molar-refractivity contribution in [2.24, 2.45) is 0 Å². The Kier molecular flexibility index (Phi) is 3.02. The van der Waals surface area contributed by atoms with Gasteiger partial charge in [-0.2, -0.15) is 0 Å². The van der Waals surface area contributed by atoms with Crippen LogP contribution in [-0.2, 0) is 6.61 Å². The van der Waals surface area contributed by atoms with Crippen molar-refractivity contribution in [2.75, 3.05) is 6.26 Å². The van der Waals surface area contributed by atoms with Crippen molar-refractivity contribution in [3.8, 4) is 0 Å². The first-order valence-electron chi connectivity index (χ1n) is 4.12. The minimum absolute atomic E-state index is 0.0714. The molecule has 0 aliphatic heterocycles. The summed E-state index contributed by atoms with van der Waals surface area (Å²) in [6.07, 6.45) is 2.01. The molecule has 74 valence electrons. The number of aliphatic hydroxyl groups is 1. The lowest BCUT2D eigenvalue weighted by Gasteiger charge is -1.96. The highest BCUT2D eigenvalue weighted by molar-refractivity contribution is 8.00. The summed E-state index contributed by atoms with van der Waals surface area (Å²) in [6, 6.07) is 5.85. The highest BCUT2D eigenvalue weighted by atomic mass is 35.5. The standard InChI is InChI=1S/C10H9ClOS2/c1-13-10-8(11)7-4-2-3-6(5-12)9(7)14-10/h2-4,12H,5H2,1H3. The number of hydrogen-bond acceptors (Lipinski definition) is 3. The van der Waals surface area contributed by atoms with Gasteiger partial charge in [-0.25, -0.2) is 0 Å². The summed E-state index contributed by atoms with van der Waals surface area (Å²) in [5.74, 6) is 0. The monoisotopic (exact) mass is 244 g/mol. The number of halogens is 1. The van der Waals surface area contributed by atoms with Gasteiger partial charge in [-0.3, -0.25) is 0 Å². The topological polar surface area (TPSA) is 20.2 Å².